The second kappa shape index (κ2) is 8.39. The molecule has 0 unspecified atom stereocenters. The normalized spacial score (nSPS) is 10.5. The third-order valence-electron chi connectivity index (χ3n) is 3.47. The zero-order valence-corrected chi connectivity index (χ0v) is 15.1. The summed E-state index contributed by atoms with van der Waals surface area (Å²) in [7, 11) is 0. The Balaban J connectivity index is 1.68. The Morgan fingerprint density at radius 2 is 1.88 bits per heavy atom. The van der Waals surface area contributed by atoms with Crippen LogP contribution >= 0.6 is 11.8 Å². The summed E-state index contributed by atoms with van der Waals surface area (Å²) in [5.41, 5.74) is 7.40. The molecule has 3 N–H and O–H groups in total. The molecule has 0 aliphatic rings. The summed E-state index contributed by atoms with van der Waals surface area (Å²) in [5.74, 6) is 0.931. The number of nitrogens with one attached hydrogen (secondary N) is 1. The fraction of sp³-hybridized carbons (Fsp3) is 0.167. The van der Waals surface area contributed by atoms with E-state index in [-0.39, 0.29) is 17.6 Å². The van der Waals surface area contributed by atoms with E-state index in [1.807, 2.05) is 55.5 Å². The van der Waals surface area contributed by atoms with Crippen molar-refractivity contribution in [2.24, 2.45) is 0 Å². The topological polar surface area (TPSA) is 95.1 Å². The Labute approximate surface area is 155 Å². The summed E-state index contributed by atoms with van der Waals surface area (Å²) in [6, 6.07) is 16.9. The van der Waals surface area contributed by atoms with E-state index in [0.29, 0.717) is 23.2 Å². The van der Waals surface area contributed by atoms with Crippen LogP contribution in [0.4, 0.5) is 11.6 Å². The van der Waals surface area contributed by atoms with Gasteiger partial charge in [0.15, 0.2) is 5.16 Å². The number of hydrogen-bond acceptors (Lipinski definition) is 6. The molecule has 0 radical (unpaired) electrons. The van der Waals surface area contributed by atoms with Crippen molar-refractivity contribution in [1.29, 1.82) is 0 Å². The van der Waals surface area contributed by atoms with Crippen molar-refractivity contribution in [3.63, 3.8) is 0 Å². The van der Waals surface area contributed by atoms with Crippen LogP contribution in [0.2, 0.25) is 0 Å². The number of thioether (sulfide) groups is 1. The summed E-state index contributed by atoms with van der Waals surface area (Å²) >= 11 is 1.27. The van der Waals surface area contributed by atoms with Crippen LogP contribution in [0.3, 0.4) is 0 Å². The number of benzene rings is 2. The summed E-state index contributed by atoms with van der Waals surface area (Å²) in [4.78, 5) is 12.3. The van der Waals surface area contributed by atoms with Gasteiger partial charge in [0, 0.05) is 0 Å². The van der Waals surface area contributed by atoms with Crippen molar-refractivity contribution < 1.29 is 9.53 Å². The lowest BCUT2D eigenvalue weighted by molar-refractivity contribution is -0.113. The number of carbonyl (C=O) groups is 1. The molecule has 1 heterocycles. The average molecular weight is 369 g/mol. The van der Waals surface area contributed by atoms with E-state index in [0.717, 1.165) is 5.69 Å². The summed E-state index contributed by atoms with van der Waals surface area (Å²) < 4.78 is 7.23. The molecule has 134 valence electrons. The van der Waals surface area contributed by atoms with Gasteiger partial charge < -0.3 is 15.8 Å². The number of rotatable bonds is 7. The van der Waals surface area contributed by atoms with Crippen LogP contribution in [0.15, 0.2) is 59.8 Å². The molecule has 1 amide bonds. The molecule has 3 aromatic rings. The lowest BCUT2D eigenvalue weighted by atomic mass is 10.3. The standard InChI is InChI=1S/C18H19N5O2S/c1-2-25-15-11-7-6-10-14(15)20-16(24)12-26-18-22-21-17(19)23(18)13-8-4-3-5-9-13/h3-11H,2,12H2,1H3,(H2,19,21)(H,20,24). The number of ether oxygens (including phenoxy) is 1. The Morgan fingerprint density at radius 3 is 2.65 bits per heavy atom. The van der Waals surface area contributed by atoms with Crippen molar-refractivity contribution in [1.82, 2.24) is 14.8 Å². The van der Waals surface area contributed by atoms with Gasteiger partial charge in [-0.2, -0.15) is 0 Å². The van der Waals surface area contributed by atoms with Crippen LogP contribution in [-0.2, 0) is 4.79 Å². The molecule has 3 rings (SSSR count). The molecule has 0 saturated heterocycles. The molecule has 1 aromatic heterocycles. The van der Waals surface area contributed by atoms with E-state index in [2.05, 4.69) is 15.5 Å². The maximum absolute atomic E-state index is 12.3. The van der Waals surface area contributed by atoms with Crippen molar-refractivity contribution in [3.8, 4) is 11.4 Å². The predicted molar refractivity (Wildman–Crippen MR) is 103 cm³/mol. The molecule has 8 heteroatoms. The largest absolute Gasteiger partial charge is 0.492 e. The minimum absolute atomic E-state index is 0.164. The first kappa shape index (κ1) is 17.8. The number of nitrogens with zero attached hydrogens (tertiary/aromatic N) is 3. The second-order valence-corrected chi connectivity index (χ2v) is 6.22. The first-order chi connectivity index (χ1) is 12.7. The number of nitrogen functional groups attached to an aromatic ring is 1. The van der Waals surface area contributed by atoms with Gasteiger partial charge in [0.05, 0.1) is 23.7 Å². The fourth-order valence-corrected chi connectivity index (χ4v) is 3.12. The van der Waals surface area contributed by atoms with Gasteiger partial charge in [-0.15, -0.1) is 10.2 Å². The summed E-state index contributed by atoms with van der Waals surface area (Å²) in [6.45, 7) is 2.43. The van der Waals surface area contributed by atoms with E-state index in [4.69, 9.17) is 10.5 Å². The Bertz CT molecular complexity index is 882. The molecule has 7 nitrogen and oxygen atoms in total. The van der Waals surface area contributed by atoms with Crippen molar-refractivity contribution in [2.45, 2.75) is 12.1 Å². The third kappa shape index (κ3) is 4.15. The molecular formula is C18H19N5O2S. The third-order valence-corrected chi connectivity index (χ3v) is 4.40. The zero-order valence-electron chi connectivity index (χ0n) is 14.3. The Morgan fingerprint density at radius 1 is 1.15 bits per heavy atom. The number of aromatic nitrogens is 3. The van der Waals surface area contributed by atoms with E-state index >= 15 is 0 Å². The quantitative estimate of drug-likeness (QED) is 0.622. The van der Waals surface area contributed by atoms with Gasteiger partial charge in [-0.05, 0) is 31.2 Å². The monoisotopic (exact) mass is 369 g/mol. The molecule has 0 aliphatic carbocycles. The molecule has 2 aromatic carbocycles. The number of nitrogens with two attached hydrogens (primary N) is 1. The number of anilines is 2. The molecule has 0 saturated carbocycles. The molecule has 26 heavy (non-hydrogen) atoms. The molecule has 0 atom stereocenters. The zero-order chi connectivity index (χ0) is 18.4. The second-order valence-electron chi connectivity index (χ2n) is 5.28. The van der Waals surface area contributed by atoms with Gasteiger partial charge in [-0.25, -0.2) is 0 Å². The predicted octanol–water partition coefficient (Wildman–Crippen LogP) is 2.98. The highest BCUT2D eigenvalue weighted by Crippen LogP contribution is 2.26. The minimum Gasteiger partial charge on any atom is -0.492 e. The van der Waals surface area contributed by atoms with Crippen molar-refractivity contribution >= 4 is 29.3 Å². The number of amides is 1. The van der Waals surface area contributed by atoms with Crippen LogP contribution in [0, 0.1) is 0 Å². The maximum atomic E-state index is 12.3. The molecular weight excluding hydrogens is 350 g/mol. The van der Waals surface area contributed by atoms with E-state index in [1.54, 1.807) is 10.6 Å². The van der Waals surface area contributed by atoms with Gasteiger partial charge in [0.1, 0.15) is 5.75 Å². The van der Waals surface area contributed by atoms with Crippen LogP contribution in [-0.4, -0.2) is 33.0 Å². The van der Waals surface area contributed by atoms with Gasteiger partial charge in [-0.3, -0.25) is 9.36 Å². The summed E-state index contributed by atoms with van der Waals surface area (Å²) in [6.07, 6.45) is 0. The number of hydrogen-bond donors (Lipinski definition) is 2. The fourth-order valence-electron chi connectivity index (χ4n) is 2.36. The van der Waals surface area contributed by atoms with E-state index < -0.39 is 0 Å². The molecule has 0 fully saturated rings. The average Bonchev–Trinajstić information content (AvgIpc) is 3.03. The van der Waals surface area contributed by atoms with Gasteiger partial charge in [-0.1, -0.05) is 42.1 Å². The molecule has 0 bridgehead atoms. The smallest absolute Gasteiger partial charge is 0.234 e. The minimum atomic E-state index is -0.164. The lowest BCUT2D eigenvalue weighted by Gasteiger charge is -2.11. The highest BCUT2D eigenvalue weighted by atomic mass is 32.2. The first-order valence-corrected chi connectivity index (χ1v) is 9.08. The van der Waals surface area contributed by atoms with Crippen molar-refractivity contribution in [3.05, 3.63) is 54.6 Å². The lowest BCUT2D eigenvalue weighted by Crippen LogP contribution is -2.15. The first-order valence-electron chi connectivity index (χ1n) is 8.10. The van der Waals surface area contributed by atoms with E-state index in [1.165, 1.54) is 11.8 Å². The van der Waals surface area contributed by atoms with Crippen molar-refractivity contribution in [2.75, 3.05) is 23.4 Å². The molecule has 0 spiro atoms. The highest BCUT2D eigenvalue weighted by molar-refractivity contribution is 7.99. The molecule has 0 aliphatic heterocycles. The van der Waals surface area contributed by atoms with Crippen LogP contribution < -0.4 is 15.8 Å². The Kier molecular flexibility index (Phi) is 5.75. The highest BCUT2D eigenvalue weighted by Gasteiger charge is 2.14. The van der Waals surface area contributed by atoms with Crippen LogP contribution in [0.1, 0.15) is 6.92 Å². The SMILES string of the molecule is CCOc1ccccc1NC(=O)CSc1nnc(N)n1-c1ccccc1. The maximum Gasteiger partial charge on any atom is 0.234 e. The van der Waals surface area contributed by atoms with E-state index in [9.17, 15) is 4.79 Å². The number of para-hydroxylation sites is 3. The van der Waals surface area contributed by atoms with Crippen LogP contribution in [0.25, 0.3) is 5.69 Å². The number of carbonyl (C=O) groups excluding carboxylic acids is 1. The van der Waals surface area contributed by atoms with Gasteiger partial charge in [0.2, 0.25) is 11.9 Å². The van der Waals surface area contributed by atoms with Gasteiger partial charge in [0.25, 0.3) is 0 Å². The summed E-state index contributed by atoms with van der Waals surface area (Å²) in [5, 5.41) is 11.4. The van der Waals surface area contributed by atoms with Crippen LogP contribution in [0.5, 0.6) is 5.75 Å². The Hall–Kier alpha value is -3.00. The van der Waals surface area contributed by atoms with Gasteiger partial charge >= 0.3 is 0 Å².